The van der Waals surface area contributed by atoms with E-state index in [0.717, 1.165) is 5.82 Å². The van der Waals surface area contributed by atoms with Crippen molar-refractivity contribution in [3.8, 4) is 0 Å². The molecule has 1 aromatic carbocycles. The number of amides is 1. The normalized spacial score (nSPS) is 18.4. The molecule has 160 valence electrons. The maximum Gasteiger partial charge on any atom is 0.274 e. The maximum absolute atomic E-state index is 13.1. The van der Waals surface area contributed by atoms with Gasteiger partial charge in [0, 0.05) is 19.2 Å². The van der Waals surface area contributed by atoms with Crippen LogP contribution in [0.2, 0.25) is 5.02 Å². The molecule has 2 fully saturated rings. The van der Waals surface area contributed by atoms with Crippen LogP contribution in [0.3, 0.4) is 0 Å². The number of piperazine rings is 1. The molecule has 4 rings (SSSR count). The molecule has 0 saturated carbocycles. The molecule has 0 atom stereocenters. The number of morpholine rings is 1. The van der Waals surface area contributed by atoms with Gasteiger partial charge in [-0.25, -0.2) is 13.4 Å². The Labute approximate surface area is 181 Å². The molecule has 2 aromatic rings. The van der Waals surface area contributed by atoms with Crippen molar-refractivity contribution in [2.75, 3.05) is 57.4 Å². The summed E-state index contributed by atoms with van der Waals surface area (Å²) in [4.78, 5) is 20.3. The van der Waals surface area contributed by atoms with Crippen molar-refractivity contribution >= 4 is 33.3 Å². The molecular formula is C20H24ClN4O4S+. The van der Waals surface area contributed by atoms with Crippen molar-refractivity contribution in [2.45, 2.75) is 4.90 Å². The number of nitrogens with zero attached hydrogens (tertiary/aromatic N) is 3. The third-order valence-corrected chi connectivity index (χ3v) is 7.60. The zero-order valence-corrected chi connectivity index (χ0v) is 18.0. The molecule has 3 heterocycles. The van der Waals surface area contributed by atoms with Gasteiger partial charge in [-0.2, -0.15) is 4.31 Å². The standard InChI is InChI=1S/C20H23ClN4O4S/c21-18-5-4-16(30(27,28)25-11-13-29-14-12-25)15-17(18)20(26)24-9-7-23(8-10-24)19-3-1-2-6-22-19/h1-6,15H,7-14H2/p+1. The van der Waals surface area contributed by atoms with Gasteiger partial charge in [-0.15, -0.1) is 0 Å². The second-order valence-electron chi connectivity index (χ2n) is 7.19. The Morgan fingerprint density at radius 1 is 1.00 bits per heavy atom. The van der Waals surface area contributed by atoms with Crippen LogP contribution in [-0.2, 0) is 14.8 Å². The molecule has 30 heavy (non-hydrogen) atoms. The number of carbonyl (C=O) groups excluding carboxylic acids is 1. The number of sulfonamides is 1. The highest BCUT2D eigenvalue weighted by atomic mass is 35.5. The van der Waals surface area contributed by atoms with E-state index in [1.807, 2.05) is 24.4 Å². The highest BCUT2D eigenvalue weighted by Crippen LogP contribution is 2.25. The Balaban J connectivity index is 1.50. The van der Waals surface area contributed by atoms with Gasteiger partial charge in [0.1, 0.15) is 13.1 Å². The minimum atomic E-state index is -3.70. The fourth-order valence-corrected chi connectivity index (χ4v) is 5.30. The van der Waals surface area contributed by atoms with Gasteiger partial charge in [-0.1, -0.05) is 17.7 Å². The quantitative estimate of drug-likeness (QED) is 0.696. The summed E-state index contributed by atoms with van der Waals surface area (Å²) < 4.78 is 32.5. The van der Waals surface area contributed by atoms with Crippen LogP contribution >= 0.6 is 11.6 Å². The second kappa shape index (κ2) is 8.89. The Hall–Kier alpha value is -2.20. The number of anilines is 1. The summed E-state index contributed by atoms with van der Waals surface area (Å²) >= 11 is 6.28. The number of nitrogens with one attached hydrogen (secondary N) is 1. The second-order valence-corrected chi connectivity index (χ2v) is 9.53. The van der Waals surface area contributed by atoms with Gasteiger partial charge in [0.05, 0.1) is 48.0 Å². The van der Waals surface area contributed by atoms with Crippen molar-refractivity contribution < 1.29 is 22.9 Å². The zero-order chi connectivity index (χ0) is 21.1. The van der Waals surface area contributed by atoms with E-state index in [1.165, 1.54) is 22.5 Å². The number of halogens is 1. The third kappa shape index (κ3) is 4.29. The van der Waals surface area contributed by atoms with Gasteiger partial charge in [-0.05, 0) is 24.3 Å². The van der Waals surface area contributed by atoms with Crippen molar-refractivity contribution in [3.05, 3.63) is 53.2 Å². The van der Waals surface area contributed by atoms with Crippen LogP contribution in [0.1, 0.15) is 10.4 Å². The number of aromatic nitrogens is 1. The summed E-state index contributed by atoms with van der Waals surface area (Å²) in [6.45, 7) is 3.73. The number of pyridine rings is 1. The molecule has 2 aliphatic rings. The van der Waals surface area contributed by atoms with Crippen molar-refractivity contribution in [3.63, 3.8) is 0 Å². The fourth-order valence-electron chi connectivity index (χ4n) is 3.67. The van der Waals surface area contributed by atoms with E-state index < -0.39 is 10.0 Å². The minimum Gasteiger partial charge on any atom is -0.379 e. The molecule has 1 aromatic heterocycles. The Morgan fingerprint density at radius 2 is 1.73 bits per heavy atom. The smallest absolute Gasteiger partial charge is 0.274 e. The Kier molecular flexibility index (Phi) is 6.24. The number of H-pyrrole nitrogens is 1. The number of aromatic amines is 1. The Bertz CT molecular complexity index is 1000. The molecule has 2 aliphatic heterocycles. The lowest BCUT2D eigenvalue weighted by Crippen LogP contribution is -2.50. The van der Waals surface area contributed by atoms with Gasteiger partial charge in [0.25, 0.3) is 11.7 Å². The number of rotatable bonds is 4. The average Bonchev–Trinajstić information content (AvgIpc) is 2.80. The lowest BCUT2D eigenvalue weighted by atomic mass is 10.1. The third-order valence-electron chi connectivity index (χ3n) is 5.38. The van der Waals surface area contributed by atoms with Gasteiger partial charge < -0.3 is 9.64 Å². The summed E-state index contributed by atoms with van der Waals surface area (Å²) in [5, 5.41) is 0.250. The van der Waals surface area contributed by atoms with Gasteiger partial charge in [0.2, 0.25) is 10.0 Å². The maximum atomic E-state index is 13.1. The number of hydrogen-bond donors (Lipinski definition) is 0. The lowest BCUT2D eigenvalue weighted by molar-refractivity contribution is -0.364. The van der Waals surface area contributed by atoms with E-state index in [9.17, 15) is 13.2 Å². The van der Waals surface area contributed by atoms with Crippen molar-refractivity contribution in [2.24, 2.45) is 0 Å². The van der Waals surface area contributed by atoms with Crippen LogP contribution in [0.15, 0.2) is 47.5 Å². The molecule has 1 amide bonds. The first-order chi connectivity index (χ1) is 14.5. The number of hydrogen-bond acceptors (Lipinski definition) is 5. The summed E-state index contributed by atoms with van der Waals surface area (Å²) in [7, 11) is -3.70. The van der Waals surface area contributed by atoms with Crippen LogP contribution in [0.25, 0.3) is 0 Å². The zero-order valence-electron chi connectivity index (χ0n) is 16.5. The summed E-state index contributed by atoms with van der Waals surface area (Å²) in [6, 6.07) is 10.2. The molecule has 0 radical (unpaired) electrons. The van der Waals surface area contributed by atoms with E-state index in [-0.39, 0.29) is 21.4 Å². The van der Waals surface area contributed by atoms with E-state index in [4.69, 9.17) is 16.3 Å². The van der Waals surface area contributed by atoms with Crippen LogP contribution in [0.5, 0.6) is 0 Å². The molecular weight excluding hydrogens is 428 g/mol. The van der Waals surface area contributed by atoms with E-state index >= 15 is 0 Å². The van der Waals surface area contributed by atoms with E-state index in [1.54, 1.807) is 4.90 Å². The molecule has 8 nitrogen and oxygen atoms in total. The summed E-state index contributed by atoms with van der Waals surface area (Å²) in [5.41, 5.74) is 0.214. The summed E-state index contributed by atoms with van der Waals surface area (Å²) in [5.74, 6) is 0.747. The van der Waals surface area contributed by atoms with Gasteiger partial charge in [0.15, 0.2) is 0 Å². The average molecular weight is 452 g/mol. The summed E-state index contributed by atoms with van der Waals surface area (Å²) in [6.07, 6.45) is 1.87. The van der Waals surface area contributed by atoms with Crippen LogP contribution in [0, 0.1) is 0 Å². The highest BCUT2D eigenvalue weighted by Gasteiger charge is 2.30. The first-order valence-corrected chi connectivity index (χ1v) is 11.7. The molecule has 10 heteroatoms. The molecule has 0 unspecified atom stereocenters. The fraction of sp³-hybridized carbons (Fsp3) is 0.400. The highest BCUT2D eigenvalue weighted by molar-refractivity contribution is 7.89. The molecule has 0 aliphatic carbocycles. The predicted octanol–water partition coefficient (Wildman–Crippen LogP) is 1.14. The minimum absolute atomic E-state index is 0.0784. The largest absolute Gasteiger partial charge is 0.379 e. The van der Waals surface area contributed by atoms with Crippen LogP contribution < -0.4 is 9.88 Å². The number of benzene rings is 1. The van der Waals surface area contributed by atoms with Gasteiger partial charge in [-0.3, -0.25) is 9.69 Å². The van der Waals surface area contributed by atoms with Crippen molar-refractivity contribution in [1.82, 2.24) is 9.21 Å². The SMILES string of the molecule is O=C(c1cc(S(=O)(=O)N2CCOCC2)ccc1Cl)N1CCN(c2cccc[nH+]2)CC1. The first kappa shape index (κ1) is 21.0. The van der Waals surface area contributed by atoms with E-state index in [0.29, 0.717) is 52.5 Å². The van der Waals surface area contributed by atoms with E-state index in [2.05, 4.69) is 9.88 Å². The lowest BCUT2D eigenvalue weighted by Gasteiger charge is -2.31. The number of ether oxygens (including phenoxy) is 1. The molecule has 1 N–H and O–H groups in total. The van der Waals surface area contributed by atoms with Gasteiger partial charge >= 0.3 is 0 Å². The monoisotopic (exact) mass is 451 g/mol. The molecule has 0 bridgehead atoms. The topological polar surface area (TPSA) is 84.3 Å². The van der Waals surface area contributed by atoms with Crippen LogP contribution in [0.4, 0.5) is 5.82 Å². The Morgan fingerprint density at radius 3 is 2.40 bits per heavy atom. The molecule has 2 saturated heterocycles. The molecule has 0 spiro atoms. The predicted molar refractivity (Wildman–Crippen MR) is 112 cm³/mol. The first-order valence-electron chi connectivity index (χ1n) is 9.85. The number of carbonyl (C=O) groups is 1. The van der Waals surface area contributed by atoms with Crippen LogP contribution in [-0.4, -0.2) is 76.0 Å². The van der Waals surface area contributed by atoms with Crippen molar-refractivity contribution in [1.29, 1.82) is 0 Å².